The molecule has 56 valence electrons. The summed E-state index contributed by atoms with van der Waals surface area (Å²) >= 11 is 0. The molecule has 1 aliphatic carbocycles. The molecule has 1 fully saturated rings. The average Bonchev–Trinajstić information content (AvgIpc) is 1.98. The molecule has 1 aliphatic rings. The van der Waals surface area contributed by atoms with Gasteiger partial charge in [-0.2, -0.15) is 0 Å². The Hall–Kier alpha value is 0.110. The van der Waals surface area contributed by atoms with Crippen molar-refractivity contribution in [1.82, 2.24) is 0 Å². The minimum absolute atomic E-state index is 0. The lowest BCUT2D eigenvalue weighted by atomic mass is 10.2. The summed E-state index contributed by atoms with van der Waals surface area (Å²) in [6, 6.07) is -0.551. The molecule has 1 rings (SSSR count). The Labute approximate surface area is 59.0 Å². The maximum atomic E-state index is 12.2. The number of nitrogens with two attached hydrogens (primary N) is 1. The third kappa shape index (κ3) is 1.76. The van der Waals surface area contributed by atoms with Crippen LogP contribution in [0.4, 0.5) is 8.78 Å². The highest BCUT2D eigenvalue weighted by atomic mass is 35.5. The summed E-state index contributed by atoms with van der Waals surface area (Å²) in [4.78, 5) is 0. The van der Waals surface area contributed by atoms with Crippen molar-refractivity contribution in [1.29, 1.82) is 0 Å². The summed E-state index contributed by atoms with van der Waals surface area (Å²) in [7, 11) is 0. The van der Waals surface area contributed by atoms with Gasteiger partial charge in [0.05, 0.1) is 0 Å². The van der Waals surface area contributed by atoms with Crippen molar-refractivity contribution in [3.05, 3.63) is 0 Å². The van der Waals surface area contributed by atoms with Crippen LogP contribution in [-0.2, 0) is 0 Å². The first-order valence-electron chi connectivity index (χ1n) is 2.75. The van der Waals surface area contributed by atoms with Crippen molar-refractivity contribution in [2.45, 2.75) is 31.2 Å². The molecule has 0 radical (unpaired) electrons. The smallest absolute Gasteiger partial charge is 0.146 e. The van der Waals surface area contributed by atoms with Crippen molar-refractivity contribution in [3.63, 3.8) is 0 Å². The lowest BCUT2D eigenvalue weighted by molar-refractivity contribution is 0.187. The zero-order valence-corrected chi connectivity index (χ0v) is 5.70. The van der Waals surface area contributed by atoms with E-state index in [0.717, 1.165) is 0 Å². The second-order valence-corrected chi connectivity index (χ2v) is 2.20. The van der Waals surface area contributed by atoms with Crippen LogP contribution in [-0.4, -0.2) is 18.4 Å². The summed E-state index contributed by atoms with van der Waals surface area (Å²) in [6.07, 6.45) is -1.93. The van der Waals surface area contributed by atoms with Crippen molar-refractivity contribution >= 4 is 12.4 Å². The summed E-state index contributed by atoms with van der Waals surface area (Å²) in [5, 5.41) is 0. The molecular formula is C5H10ClF2N. The van der Waals surface area contributed by atoms with Crippen molar-refractivity contribution < 1.29 is 8.78 Å². The van der Waals surface area contributed by atoms with E-state index in [9.17, 15) is 8.78 Å². The standard InChI is InChI=1S/C5H9F2N.ClH/c6-3-1-2-4(8)5(3)7;/h3-5H,1-2,8H2;1H. The van der Waals surface area contributed by atoms with Gasteiger partial charge in [-0.3, -0.25) is 0 Å². The van der Waals surface area contributed by atoms with Crippen LogP contribution in [0, 0.1) is 0 Å². The zero-order valence-electron chi connectivity index (χ0n) is 4.89. The first kappa shape index (κ1) is 9.11. The minimum atomic E-state index is -1.41. The number of hydrogen-bond acceptors (Lipinski definition) is 1. The highest BCUT2D eigenvalue weighted by Gasteiger charge is 2.33. The average molecular weight is 158 g/mol. The van der Waals surface area contributed by atoms with E-state index < -0.39 is 18.4 Å². The van der Waals surface area contributed by atoms with E-state index in [0.29, 0.717) is 12.8 Å². The van der Waals surface area contributed by atoms with Crippen LogP contribution < -0.4 is 5.73 Å². The molecule has 9 heavy (non-hydrogen) atoms. The molecule has 3 atom stereocenters. The first-order valence-corrected chi connectivity index (χ1v) is 2.75. The van der Waals surface area contributed by atoms with Gasteiger partial charge < -0.3 is 5.73 Å². The summed E-state index contributed by atoms with van der Waals surface area (Å²) in [6.45, 7) is 0. The van der Waals surface area contributed by atoms with Gasteiger partial charge in [-0.05, 0) is 12.8 Å². The second kappa shape index (κ2) is 3.32. The largest absolute Gasteiger partial charge is 0.325 e. The minimum Gasteiger partial charge on any atom is -0.325 e. The molecule has 0 bridgehead atoms. The monoisotopic (exact) mass is 157 g/mol. The topological polar surface area (TPSA) is 26.0 Å². The van der Waals surface area contributed by atoms with Crippen LogP contribution in [0.3, 0.4) is 0 Å². The molecule has 0 aromatic heterocycles. The Morgan fingerprint density at radius 1 is 1.22 bits per heavy atom. The van der Waals surface area contributed by atoms with Gasteiger partial charge in [0.1, 0.15) is 12.3 Å². The lowest BCUT2D eigenvalue weighted by Gasteiger charge is -2.04. The Bertz CT molecular complexity index is 81.0. The van der Waals surface area contributed by atoms with E-state index in [-0.39, 0.29) is 12.4 Å². The fourth-order valence-electron chi connectivity index (χ4n) is 0.938. The van der Waals surface area contributed by atoms with Crippen LogP contribution in [0.25, 0.3) is 0 Å². The van der Waals surface area contributed by atoms with Crippen LogP contribution >= 0.6 is 12.4 Å². The van der Waals surface area contributed by atoms with Gasteiger partial charge in [0.15, 0.2) is 0 Å². The molecule has 0 heterocycles. The van der Waals surface area contributed by atoms with E-state index in [1.165, 1.54) is 0 Å². The van der Waals surface area contributed by atoms with Gasteiger partial charge >= 0.3 is 0 Å². The van der Waals surface area contributed by atoms with Crippen LogP contribution in [0.15, 0.2) is 0 Å². The van der Waals surface area contributed by atoms with Crippen LogP contribution in [0.1, 0.15) is 12.8 Å². The van der Waals surface area contributed by atoms with E-state index in [1.54, 1.807) is 0 Å². The Morgan fingerprint density at radius 3 is 1.89 bits per heavy atom. The number of rotatable bonds is 0. The molecule has 0 saturated heterocycles. The first-order chi connectivity index (χ1) is 3.72. The zero-order chi connectivity index (χ0) is 6.15. The summed E-state index contributed by atoms with van der Waals surface area (Å²) in [5.74, 6) is 0. The molecule has 1 saturated carbocycles. The summed E-state index contributed by atoms with van der Waals surface area (Å²) < 4.78 is 24.3. The molecular weight excluding hydrogens is 148 g/mol. The Morgan fingerprint density at radius 2 is 1.78 bits per heavy atom. The molecule has 0 aliphatic heterocycles. The van der Waals surface area contributed by atoms with E-state index in [4.69, 9.17) is 5.73 Å². The number of halogens is 3. The predicted octanol–water partition coefficient (Wildman–Crippen LogP) is 1.21. The fourth-order valence-corrected chi connectivity index (χ4v) is 0.938. The van der Waals surface area contributed by atoms with Crippen molar-refractivity contribution in [3.8, 4) is 0 Å². The third-order valence-electron chi connectivity index (χ3n) is 1.53. The molecule has 3 unspecified atom stereocenters. The molecule has 0 amide bonds. The van der Waals surface area contributed by atoms with E-state index in [1.807, 2.05) is 0 Å². The maximum absolute atomic E-state index is 12.2. The quantitative estimate of drug-likeness (QED) is 0.562. The third-order valence-corrected chi connectivity index (χ3v) is 1.53. The van der Waals surface area contributed by atoms with Crippen LogP contribution in [0.2, 0.25) is 0 Å². The molecule has 0 aromatic carbocycles. The fraction of sp³-hybridized carbons (Fsp3) is 1.00. The van der Waals surface area contributed by atoms with Crippen LogP contribution in [0.5, 0.6) is 0 Å². The highest BCUT2D eigenvalue weighted by molar-refractivity contribution is 5.85. The van der Waals surface area contributed by atoms with Gasteiger partial charge in [-0.15, -0.1) is 12.4 Å². The van der Waals surface area contributed by atoms with E-state index in [2.05, 4.69) is 0 Å². The lowest BCUT2D eigenvalue weighted by Crippen LogP contribution is -2.29. The van der Waals surface area contributed by atoms with Gasteiger partial charge in [0, 0.05) is 6.04 Å². The Kier molecular flexibility index (Phi) is 3.36. The summed E-state index contributed by atoms with van der Waals surface area (Å²) in [5.41, 5.74) is 5.15. The molecule has 0 aromatic rings. The Balaban J connectivity index is 0.000000640. The second-order valence-electron chi connectivity index (χ2n) is 2.20. The molecule has 2 N–H and O–H groups in total. The van der Waals surface area contributed by atoms with Gasteiger partial charge in [0.25, 0.3) is 0 Å². The molecule has 4 heteroatoms. The predicted molar refractivity (Wildman–Crippen MR) is 34.2 cm³/mol. The molecule has 0 spiro atoms. The SMILES string of the molecule is Cl.NC1CCC(F)C1F. The highest BCUT2D eigenvalue weighted by Crippen LogP contribution is 2.23. The van der Waals surface area contributed by atoms with Crippen molar-refractivity contribution in [2.75, 3.05) is 0 Å². The maximum Gasteiger partial charge on any atom is 0.146 e. The van der Waals surface area contributed by atoms with Crippen molar-refractivity contribution in [2.24, 2.45) is 5.73 Å². The number of hydrogen-bond donors (Lipinski definition) is 1. The van der Waals surface area contributed by atoms with Gasteiger partial charge in [0.2, 0.25) is 0 Å². The number of alkyl halides is 2. The van der Waals surface area contributed by atoms with E-state index >= 15 is 0 Å². The van der Waals surface area contributed by atoms with Gasteiger partial charge in [-0.25, -0.2) is 8.78 Å². The van der Waals surface area contributed by atoms with Gasteiger partial charge in [-0.1, -0.05) is 0 Å². The molecule has 1 nitrogen and oxygen atoms in total. The normalized spacial score (nSPS) is 42.3.